The minimum absolute atomic E-state index is 0.201. The van der Waals surface area contributed by atoms with Gasteiger partial charge in [-0.1, -0.05) is 28.1 Å². The summed E-state index contributed by atoms with van der Waals surface area (Å²) >= 11 is 3.37. The van der Waals surface area contributed by atoms with E-state index in [2.05, 4.69) is 21.2 Å². The van der Waals surface area contributed by atoms with E-state index in [1.54, 1.807) is 7.05 Å². The second-order valence-electron chi connectivity index (χ2n) is 4.10. The van der Waals surface area contributed by atoms with Gasteiger partial charge in [0.15, 0.2) is 5.78 Å². The molecule has 0 aromatic heterocycles. The lowest BCUT2D eigenvalue weighted by atomic mass is 9.94. The summed E-state index contributed by atoms with van der Waals surface area (Å²) in [5, 5.41) is 3.01. The number of Topliss-reactive ketones (excluding diaryl/α,β-unsaturated/α-hetero) is 1. The van der Waals surface area contributed by atoms with Crippen LogP contribution in [0, 0.1) is 0 Å². The van der Waals surface area contributed by atoms with E-state index >= 15 is 0 Å². The first-order chi connectivity index (χ1) is 6.95. The van der Waals surface area contributed by atoms with Gasteiger partial charge in [0, 0.05) is 10.9 Å². The van der Waals surface area contributed by atoms with Gasteiger partial charge in [0.25, 0.3) is 0 Å². The summed E-state index contributed by atoms with van der Waals surface area (Å²) < 4.78 is 1.03. The molecule has 0 aliphatic heterocycles. The predicted molar refractivity (Wildman–Crippen MR) is 66.0 cm³/mol. The Hall–Kier alpha value is -0.670. The van der Waals surface area contributed by atoms with Crippen molar-refractivity contribution < 1.29 is 4.79 Å². The van der Waals surface area contributed by atoms with E-state index in [4.69, 9.17) is 0 Å². The average molecular weight is 270 g/mol. The van der Waals surface area contributed by atoms with E-state index in [1.165, 1.54) is 0 Å². The molecule has 0 aliphatic carbocycles. The van der Waals surface area contributed by atoms with E-state index in [-0.39, 0.29) is 5.78 Å². The molecule has 0 saturated heterocycles. The summed E-state index contributed by atoms with van der Waals surface area (Å²) in [7, 11) is 1.81. The molecule has 2 nitrogen and oxygen atoms in total. The van der Waals surface area contributed by atoms with E-state index in [0.717, 1.165) is 10.0 Å². The van der Waals surface area contributed by atoms with Crippen LogP contribution in [0.3, 0.4) is 0 Å². The number of nitrogens with one attached hydrogen (secondary N) is 1. The second-order valence-corrected chi connectivity index (χ2v) is 5.02. The SMILES string of the molecule is CNC(C)(C)C(=O)Cc1ccc(Br)cc1. The van der Waals surface area contributed by atoms with Crippen molar-refractivity contribution >= 4 is 21.7 Å². The molecule has 15 heavy (non-hydrogen) atoms. The normalized spacial score (nSPS) is 11.5. The topological polar surface area (TPSA) is 29.1 Å². The van der Waals surface area contributed by atoms with Crippen molar-refractivity contribution in [3.63, 3.8) is 0 Å². The second kappa shape index (κ2) is 4.90. The number of rotatable bonds is 4. The lowest BCUT2D eigenvalue weighted by molar-refractivity contribution is -0.123. The van der Waals surface area contributed by atoms with Crippen LogP contribution in [-0.2, 0) is 11.2 Å². The summed E-state index contributed by atoms with van der Waals surface area (Å²) in [4.78, 5) is 11.9. The molecule has 1 N–H and O–H groups in total. The van der Waals surface area contributed by atoms with Crippen LogP contribution in [0.25, 0.3) is 0 Å². The van der Waals surface area contributed by atoms with Gasteiger partial charge in [0.1, 0.15) is 0 Å². The Kier molecular flexibility index (Phi) is 4.05. The van der Waals surface area contributed by atoms with E-state index in [1.807, 2.05) is 38.1 Å². The summed E-state index contributed by atoms with van der Waals surface area (Å²) in [5.41, 5.74) is 0.596. The molecular formula is C12H16BrNO. The van der Waals surface area contributed by atoms with Gasteiger partial charge in [-0.2, -0.15) is 0 Å². The number of hydrogen-bond acceptors (Lipinski definition) is 2. The minimum atomic E-state index is -0.451. The van der Waals surface area contributed by atoms with Gasteiger partial charge in [-0.15, -0.1) is 0 Å². The van der Waals surface area contributed by atoms with Gasteiger partial charge in [-0.05, 0) is 38.6 Å². The largest absolute Gasteiger partial charge is 0.308 e. The maximum absolute atomic E-state index is 11.9. The highest BCUT2D eigenvalue weighted by Gasteiger charge is 2.24. The third-order valence-electron chi connectivity index (χ3n) is 2.60. The summed E-state index contributed by atoms with van der Waals surface area (Å²) in [5.74, 6) is 0.201. The Morgan fingerprint density at radius 1 is 1.33 bits per heavy atom. The molecule has 1 aromatic rings. The Balaban J connectivity index is 2.71. The number of carbonyl (C=O) groups is 1. The van der Waals surface area contributed by atoms with Crippen molar-refractivity contribution in [2.75, 3.05) is 7.05 Å². The minimum Gasteiger partial charge on any atom is -0.308 e. The molecule has 1 aromatic carbocycles. The molecule has 1 rings (SSSR count). The molecule has 0 radical (unpaired) electrons. The first kappa shape index (κ1) is 12.4. The molecule has 0 saturated carbocycles. The maximum atomic E-state index is 11.9. The van der Waals surface area contributed by atoms with Crippen molar-refractivity contribution in [2.24, 2.45) is 0 Å². The van der Waals surface area contributed by atoms with Gasteiger partial charge >= 0.3 is 0 Å². The lowest BCUT2D eigenvalue weighted by Crippen LogP contribution is -2.45. The van der Waals surface area contributed by atoms with Crippen LogP contribution < -0.4 is 5.32 Å². The van der Waals surface area contributed by atoms with E-state index < -0.39 is 5.54 Å². The van der Waals surface area contributed by atoms with Crippen LogP contribution in [0.2, 0.25) is 0 Å². The number of hydrogen-bond donors (Lipinski definition) is 1. The molecule has 0 unspecified atom stereocenters. The van der Waals surface area contributed by atoms with Crippen molar-refractivity contribution in [3.8, 4) is 0 Å². The average Bonchev–Trinajstić information content (AvgIpc) is 2.21. The fraction of sp³-hybridized carbons (Fsp3) is 0.417. The fourth-order valence-corrected chi connectivity index (χ4v) is 1.41. The quantitative estimate of drug-likeness (QED) is 0.911. The van der Waals surface area contributed by atoms with Gasteiger partial charge in [-0.3, -0.25) is 4.79 Å². The van der Waals surface area contributed by atoms with Gasteiger partial charge < -0.3 is 5.32 Å². The summed E-state index contributed by atoms with van der Waals surface area (Å²) in [6.45, 7) is 3.79. The number of likely N-dealkylation sites (N-methyl/N-ethyl adjacent to an activating group) is 1. The molecule has 0 heterocycles. The van der Waals surface area contributed by atoms with Crippen LogP contribution in [0.15, 0.2) is 28.7 Å². The van der Waals surface area contributed by atoms with Gasteiger partial charge in [-0.25, -0.2) is 0 Å². The molecule has 3 heteroatoms. The Labute approximate surface area is 99.2 Å². The molecule has 82 valence electrons. The standard InChI is InChI=1S/C12H16BrNO/c1-12(2,14-3)11(15)8-9-4-6-10(13)7-5-9/h4-7,14H,8H2,1-3H3. The Morgan fingerprint density at radius 3 is 2.33 bits per heavy atom. The zero-order valence-corrected chi connectivity index (χ0v) is 10.9. The van der Waals surface area contributed by atoms with E-state index in [9.17, 15) is 4.79 Å². The summed E-state index contributed by atoms with van der Waals surface area (Å²) in [6, 6.07) is 7.84. The van der Waals surface area contributed by atoms with Crippen LogP contribution in [0.1, 0.15) is 19.4 Å². The van der Waals surface area contributed by atoms with Crippen LogP contribution in [-0.4, -0.2) is 18.4 Å². The van der Waals surface area contributed by atoms with Crippen molar-refractivity contribution in [3.05, 3.63) is 34.3 Å². The van der Waals surface area contributed by atoms with Gasteiger partial charge in [0.2, 0.25) is 0 Å². The number of halogens is 1. The third kappa shape index (κ3) is 3.43. The first-order valence-corrected chi connectivity index (χ1v) is 5.71. The molecule has 0 fully saturated rings. The monoisotopic (exact) mass is 269 g/mol. The molecule has 0 amide bonds. The Bertz CT molecular complexity index is 343. The highest BCUT2D eigenvalue weighted by molar-refractivity contribution is 9.10. The molecule has 0 atom stereocenters. The first-order valence-electron chi connectivity index (χ1n) is 4.92. The van der Waals surface area contributed by atoms with Crippen LogP contribution in [0.4, 0.5) is 0 Å². The highest BCUT2D eigenvalue weighted by Crippen LogP contribution is 2.13. The molecule has 0 spiro atoms. The van der Waals surface area contributed by atoms with Crippen molar-refractivity contribution in [1.82, 2.24) is 5.32 Å². The van der Waals surface area contributed by atoms with E-state index in [0.29, 0.717) is 6.42 Å². The molecular weight excluding hydrogens is 254 g/mol. The maximum Gasteiger partial charge on any atom is 0.156 e. The molecule has 0 bridgehead atoms. The Morgan fingerprint density at radius 2 is 1.87 bits per heavy atom. The van der Waals surface area contributed by atoms with Crippen LogP contribution in [0.5, 0.6) is 0 Å². The number of benzene rings is 1. The highest BCUT2D eigenvalue weighted by atomic mass is 79.9. The zero-order chi connectivity index (χ0) is 11.5. The lowest BCUT2D eigenvalue weighted by Gasteiger charge is -2.22. The smallest absolute Gasteiger partial charge is 0.156 e. The van der Waals surface area contributed by atoms with Crippen molar-refractivity contribution in [2.45, 2.75) is 25.8 Å². The molecule has 0 aliphatic rings. The van der Waals surface area contributed by atoms with Gasteiger partial charge in [0.05, 0.1) is 5.54 Å². The third-order valence-corrected chi connectivity index (χ3v) is 3.13. The number of ketones is 1. The van der Waals surface area contributed by atoms with Crippen molar-refractivity contribution in [1.29, 1.82) is 0 Å². The summed E-state index contributed by atoms with van der Waals surface area (Å²) in [6.07, 6.45) is 0.473. The van der Waals surface area contributed by atoms with Crippen LogP contribution >= 0.6 is 15.9 Å². The fourth-order valence-electron chi connectivity index (χ4n) is 1.15. The predicted octanol–water partition coefficient (Wildman–Crippen LogP) is 2.56. The zero-order valence-electron chi connectivity index (χ0n) is 9.30. The number of carbonyl (C=O) groups excluding carboxylic acids is 1.